The largest absolute Gasteiger partial charge is 0.298 e. The lowest BCUT2D eigenvalue weighted by Crippen LogP contribution is -2.43. The molecule has 1 aromatic rings. The molecule has 1 saturated heterocycles. The summed E-state index contributed by atoms with van der Waals surface area (Å²) in [5.41, 5.74) is 1.85. The number of aryl methyl sites for hydroxylation is 2. The number of hydrogen-bond donors (Lipinski definition) is 0. The maximum atomic E-state index is 11.7. The first-order valence-electron chi connectivity index (χ1n) is 6.43. The van der Waals surface area contributed by atoms with Crippen molar-refractivity contribution in [3.8, 4) is 0 Å². The van der Waals surface area contributed by atoms with Crippen molar-refractivity contribution in [1.82, 2.24) is 14.7 Å². The number of ketones is 1. The molecule has 0 aliphatic carbocycles. The highest BCUT2D eigenvalue weighted by molar-refractivity contribution is 6.31. The van der Waals surface area contributed by atoms with Gasteiger partial charge in [0.1, 0.15) is 5.78 Å². The molecule has 2 heterocycles. The Balaban J connectivity index is 2.18. The Morgan fingerprint density at radius 2 is 2.22 bits per heavy atom. The van der Waals surface area contributed by atoms with Gasteiger partial charge < -0.3 is 0 Å². The predicted octanol–water partition coefficient (Wildman–Crippen LogP) is 2.33. The first-order valence-corrected chi connectivity index (χ1v) is 6.81. The van der Waals surface area contributed by atoms with Crippen molar-refractivity contribution in [2.45, 2.75) is 45.7 Å². The molecule has 1 atom stereocenters. The number of Topliss-reactive ketones (excluding diaryl/α,β-unsaturated/α-hetero) is 1. The molecular weight excluding hydrogens is 250 g/mol. The number of aromatic nitrogens is 2. The van der Waals surface area contributed by atoms with Crippen molar-refractivity contribution in [1.29, 1.82) is 0 Å². The number of hydrogen-bond acceptors (Lipinski definition) is 3. The molecule has 18 heavy (non-hydrogen) atoms. The summed E-state index contributed by atoms with van der Waals surface area (Å²) in [5, 5.41) is 5.05. The van der Waals surface area contributed by atoms with E-state index in [1.807, 2.05) is 18.7 Å². The van der Waals surface area contributed by atoms with E-state index in [0.29, 0.717) is 6.54 Å². The molecule has 0 amide bonds. The summed E-state index contributed by atoms with van der Waals surface area (Å²) in [7, 11) is 1.90. The third kappa shape index (κ3) is 2.59. The molecule has 2 rings (SSSR count). The van der Waals surface area contributed by atoms with Gasteiger partial charge in [-0.2, -0.15) is 5.10 Å². The molecule has 0 spiro atoms. The summed E-state index contributed by atoms with van der Waals surface area (Å²) in [6.45, 7) is 5.26. The fourth-order valence-electron chi connectivity index (χ4n) is 2.68. The van der Waals surface area contributed by atoms with E-state index in [0.717, 1.165) is 42.2 Å². The Morgan fingerprint density at radius 1 is 1.50 bits per heavy atom. The van der Waals surface area contributed by atoms with Crippen LogP contribution < -0.4 is 0 Å². The van der Waals surface area contributed by atoms with E-state index >= 15 is 0 Å². The van der Waals surface area contributed by atoms with Crippen LogP contribution in [-0.4, -0.2) is 33.1 Å². The summed E-state index contributed by atoms with van der Waals surface area (Å²) in [6.07, 6.45) is 3.25. The summed E-state index contributed by atoms with van der Waals surface area (Å²) in [6, 6.07) is 0.0463. The second-order valence-corrected chi connectivity index (χ2v) is 5.44. The van der Waals surface area contributed by atoms with E-state index in [1.54, 1.807) is 6.92 Å². The molecule has 0 saturated carbocycles. The van der Waals surface area contributed by atoms with E-state index < -0.39 is 0 Å². The van der Waals surface area contributed by atoms with Gasteiger partial charge in [0.05, 0.1) is 22.5 Å². The van der Waals surface area contributed by atoms with Crippen molar-refractivity contribution in [2.75, 3.05) is 6.54 Å². The standard InChI is InChI=1S/C13H20ClN3O/c1-9-13(14)12(16(3)15-9)8-17-7-5-4-6-11(17)10(2)18/h11H,4-8H2,1-3H3. The lowest BCUT2D eigenvalue weighted by Gasteiger charge is -2.34. The molecule has 1 aromatic heterocycles. The quantitative estimate of drug-likeness (QED) is 0.845. The zero-order valence-electron chi connectivity index (χ0n) is 11.2. The molecule has 1 aliphatic rings. The average Bonchev–Trinajstić information content (AvgIpc) is 2.56. The summed E-state index contributed by atoms with van der Waals surface area (Å²) in [4.78, 5) is 13.9. The topological polar surface area (TPSA) is 38.1 Å². The van der Waals surface area contributed by atoms with Gasteiger partial charge in [-0.3, -0.25) is 14.4 Å². The van der Waals surface area contributed by atoms with Crippen LogP contribution in [0.4, 0.5) is 0 Å². The lowest BCUT2D eigenvalue weighted by molar-refractivity contribution is -0.123. The molecule has 0 bridgehead atoms. The highest BCUT2D eigenvalue weighted by Gasteiger charge is 2.27. The van der Waals surface area contributed by atoms with Crippen LogP contribution in [0.25, 0.3) is 0 Å². The summed E-state index contributed by atoms with van der Waals surface area (Å²) in [5.74, 6) is 0.254. The van der Waals surface area contributed by atoms with Crippen LogP contribution in [0.5, 0.6) is 0 Å². The van der Waals surface area contributed by atoms with Crippen LogP contribution in [0.15, 0.2) is 0 Å². The fourth-order valence-corrected chi connectivity index (χ4v) is 2.90. The van der Waals surface area contributed by atoms with Crippen LogP contribution in [-0.2, 0) is 18.4 Å². The van der Waals surface area contributed by atoms with E-state index in [1.165, 1.54) is 0 Å². The minimum atomic E-state index is 0.0463. The number of carbonyl (C=O) groups is 1. The number of halogens is 1. The fraction of sp³-hybridized carbons (Fsp3) is 0.692. The van der Waals surface area contributed by atoms with Gasteiger partial charge in [0.2, 0.25) is 0 Å². The second-order valence-electron chi connectivity index (χ2n) is 5.06. The number of piperidine rings is 1. The van der Waals surface area contributed by atoms with E-state index in [9.17, 15) is 4.79 Å². The van der Waals surface area contributed by atoms with Crippen LogP contribution in [0.1, 0.15) is 37.6 Å². The van der Waals surface area contributed by atoms with E-state index in [-0.39, 0.29) is 11.8 Å². The van der Waals surface area contributed by atoms with Crippen LogP contribution in [0.2, 0.25) is 5.02 Å². The van der Waals surface area contributed by atoms with E-state index in [4.69, 9.17) is 11.6 Å². The normalized spacial score (nSPS) is 21.2. The van der Waals surface area contributed by atoms with Crippen molar-refractivity contribution < 1.29 is 4.79 Å². The second kappa shape index (κ2) is 5.41. The Hall–Kier alpha value is -0.870. The molecule has 1 unspecified atom stereocenters. The highest BCUT2D eigenvalue weighted by Crippen LogP contribution is 2.25. The van der Waals surface area contributed by atoms with Gasteiger partial charge in [0.25, 0.3) is 0 Å². The van der Waals surface area contributed by atoms with Gasteiger partial charge in [-0.1, -0.05) is 18.0 Å². The van der Waals surface area contributed by atoms with Crippen molar-refractivity contribution in [3.63, 3.8) is 0 Å². The summed E-state index contributed by atoms with van der Waals surface area (Å²) < 4.78 is 1.82. The smallest absolute Gasteiger partial charge is 0.146 e. The SMILES string of the molecule is CC(=O)C1CCCCN1Cc1c(Cl)c(C)nn1C. The molecule has 4 nitrogen and oxygen atoms in total. The summed E-state index contributed by atoms with van der Waals surface area (Å²) >= 11 is 6.27. The van der Waals surface area contributed by atoms with Gasteiger partial charge in [0.15, 0.2) is 0 Å². The molecule has 1 aliphatic heterocycles. The van der Waals surface area contributed by atoms with Crippen LogP contribution >= 0.6 is 11.6 Å². The zero-order valence-corrected chi connectivity index (χ0v) is 12.0. The Labute approximate surface area is 113 Å². The molecule has 0 N–H and O–H groups in total. The minimum Gasteiger partial charge on any atom is -0.298 e. The molecule has 100 valence electrons. The van der Waals surface area contributed by atoms with Crippen molar-refractivity contribution in [3.05, 3.63) is 16.4 Å². The third-order valence-corrected chi connectivity index (χ3v) is 4.19. The predicted molar refractivity (Wildman–Crippen MR) is 71.7 cm³/mol. The lowest BCUT2D eigenvalue weighted by atomic mass is 9.99. The molecule has 0 aromatic carbocycles. The van der Waals surface area contributed by atoms with Crippen molar-refractivity contribution in [2.24, 2.45) is 7.05 Å². The zero-order chi connectivity index (χ0) is 13.3. The monoisotopic (exact) mass is 269 g/mol. The molecule has 1 fully saturated rings. The van der Waals surface area contributed by atoms with Crippen molar-refractivity contribution >= 4 is 17.4 Å². The third-order valence-electron chi connectivity index (χ3n) is 3.70. The Morgan fingerprint density at radius 3 is 2.78 bits per heavy atom. The maximum Gasteiger partial charge on any atom is 0.146 e. The number of likely N-dealkylation sites (tertiary alicyclic amines) is 1. The molecule has 5 heteroatoms. The Kier molecular flexibility index (Phi) is 4.07. The highest BCUT2D eigenvalue weighted by atomic mass is 35.5. The number of carbonyl (C=O) groups excluding carboxylic acids is 1. The van der Waals surface area contributed by atoms with Gasteiger partial charge in [-0.05, 0) is 33.2 Å². The molecular formula is C13H20ClN3O. The van der Waals surface area contributed by atoms with Gasteiger partial charge in [0, 0.05) is 13.6 Å². The van der Waals surface area contributed by atoms with Crippen LogP contribution in [0, 0.1) is 6.92 Å². The van der Waals surface area contributed by atoms with Gasteiger partial charge in [-0.25, -0.2) is 0 Å². The first kappa shape index (κ1) is 13.6. The van der Waals surface area contributed by atoms with E-state index in [2.05, 4.69) is 10.00 Å². The number of rotatable bonds is 3. The average molecular weight is 270 g/mol. The maximum absolute atomic E-state index is 11.7. The van der Waals surface area contributed by atoms with Gasteiger partial charge in [-0.15, -0.1) is 0 Å². The Bertz CT molecular complexity index is 455. The first-order chi connectivity index (χ1) is 8.50. The molecule has 0 radical (unpaired) electrons. The minimum absolute atomic E-state index is 0.0463. The van der Waals surface area contributed by atoms with Crippen LogP contribution in [0.3, 0.4) is 0 Å². The van der Waals surface area contributed by atoms with Gasteiger partial charge >= 0.3 is 0 Å². The number of nitrogens with zero attached hydrogens (tertiary/aromatic N) is 3.